The molecule has 130 valence electrons. The molecule has 6 heteroatoms. The molecule has 2 aromatic rings. The lowest BCUT2D eigenvalue weighted by atomic mass is 9.63. The Kier molecular flexibility index (Phi) is 4.70. The smallest absolute Gasteiger partial charge is 0.318 e. The number of amides is 3. The van der Waals surface area contributed by atoms with Crippen molar-refractivity contribution in [3.8, 4) is 0 Å². The van der Waals surface area contributed by atoms with Gasteiger partial charge in [-0.05, 0) is 48.7 Å². The molecule has 0 heterocycles. The molecule has 3 amide bonds. The molecular formula is C19H20FN3O2. The SMILES string of the molecule is CNC(=O)Nc1cccc(NC(=O)C2(c3cccc(F)c3)CCC2)c1. The van der Waals surface area contributed by atoms with E-state index in [2.05, 4.69) is 16.0 Å². The zero-order valence-electron chi connectivity index (χ0n) is 13.9. The van der Waals surface area contributed by atoms with E-state index in [1.54, 1.807) is 36.4 Å². The van der Waals surface area contributed by atoms with Gasteiger partial charge in [0.05, 0.1) is 5.41 Å². The standard InChI is InChI=1S/C19H20FN3O2/c1-21-18(25)23-16-8-3-7-15(12-16)22-17(24)19(9-4-10-19)13-5-2-6-14(20)11-13/h2-3,5-8,11-12H,4,9-10H2,1H3,(H,22,24)(H2,21,23,25). The van der Waals surface area contributed by atoms with Gasteiger partial charge in [0.1, 0.15) is 5.82 Å². The van der Waals surface area contributed by atoms with Crippen molar-refractivity contribution in [1.29, 1.82) is 0 Å². The van der Waals surface area contributed by atoms with Crippen LogP contribution in [0.15, 0.2) is 48.5 Å². The van der Waals surface area contributed by atoms with Crippen molar-refractivity contribution < 1.29 is 14.0 Å². The fourth-order valence-corrected chi connectivity index (χ4v) is 3.08. The Balaban J connectivity index is 1.79. The molecule has 0 radical (unpaired) electrons. The summed E-state index contributed by atoms with van der Waals surface area (Å²) in [6.45, 7) is 0. The predicted molar refractivity (Wildman–Crippen MR) is 95.1 cm³/mol. The number of rotatable bonds is 4. The minimum atomic E-state index is -0.688. The summed E-state index contributed by atoms with van der Waals surface area (Å²) in [5, 5.41) is 8.03. The highest BCUT2D eigenvalue weighted by molar-refractivity contribution is 6.00. The van der Waals surface area contributed by atoms with Crippen LogP contribution in [0.2, 0.25) is 0 Å². The zero-order chi connectivity index (χ0) is 17.9. The summed E-state index contributed by atoms with van der Waals surface area (Å²) in [7, 11) is 1.53. The third-order valence-corrected chi connectivity index (χ3v) is 4.62. The lowest BCUT2D eigenvalue weighted by Crippen LogP contribution is -2.46. The molecular weight excluding hydrogens is 321 g/mol. The molecule has 2 aromatic carbocycles. The van der Waals surface area contributed by atoms with Crippen LogP contribution >= 0.6 is 0 Å². The van der Waals surface area contributed by atoms with Gasteiger partial charge in [-0.25, -0.2) is 9.18 Å². The molecule has 0 aromatic heterocycles. The van der Waals surface area contributed by atoms with Gasteiger partial charge >= 0.3 is 6.03 Å². The van der Waals surface area contributed by atoms with E-state index in [-0.39, 0.29) is 17.8 Å². The first kappa shape index (κ1) is 17.0. The average molecular weight is 341 g/mol. The summed E-state index contributed by atoms with van der Waals surface area (Å²) >= 11 is 0. The minimum Gasteiger partial charge on any atom is -0.341 e. The first-order valence-corrected chi connectivity index (χ1v) is 8.20. The van der Waals surface area contributed by atoms with Crippen LogP contribution in [0, 0.1) is 5.82 Å². The van der Waals surface area contributed by atoms with Gasteiger partial charge in [0.15, 0.2) is 0 Å². The normalized spacial score (nSPS) is 15.0. The van der Waals surface area contributed by atoms with Crippen LogP contribution in [0.25, 0.3) is 0 Å². The van der Waals surface area contributed by atoms with E-state index in [1.807, 2.05) is 0 Å². The number of nitrogens with one attached hydrogen (secondary N) is 3. The Morgan fingerprint density at radius 3 is 2.28 bits per heavy atom. The monoisotopic (exact) mass is 341 g/mol. The summed E-state index contributed by atoms with van der Waals surface area (Å²) in [4.78, 5) is 24.3. The Morgan fingerprint density at radius 1 is 1.00 bits per heavy atom. The summed E-state index contributed by atoms with van der Waals surface area (Å²) in [6, 6.07) is 12.8. The van der Waals surface area contributed by atoms with Crippen LogP contribution in [0.1, 0.15) is 24.8 Å². The van der Waals surface area contributed by atoms with Crippen LogP contribution < -0.4 is 16.0 Å². The molecule has 1 aliphatic carbocycles. The van der Waals surface area contributed by atoms with E-state index in [9.17, 15) is 14.0 Å². The van der Waals surface area contributed by atoms with E-state index in [0.29, 0.717) is 29.8 Å². The Labute approximate surface area is 145 Å². The highest BCUT2D eigenvalue weighted by Gasteiger charge is 2.45. The molecule has 25 heavy (non-hydrogen) atoms. The van der Waals surface area contributed by atoms with Gasteiger partial charge < -0.3 is 16.0 Å². The van der Waals surface area contributed by atoms with Crippen LogP contribution in [-0.2, 0) is 10.2 Å². The van der Waals surface area contributed by atoms with Gasteiger partial charge in [0, 0.05) is 18.4 Å². The molecule has 0 aliphatic heterocycles. The summed E-state index contributed by atoms with van der Waals surface area (Å²) < 4.78 is 13.6. The third kappa shape index (κ3) is 3.47. The number of hydrogen-bond donors (Lipinski definition) is 3. The first-order chi connectivity index (χ1) is 12.0. The molecule has 1 aliphatic rings. The van der Waals surface area contributed by atoms with Crippen molar-refractivity contribution >= 4 is 23.3 Å². The second-order valence-corrected chi connectivity index (χ2v) is 6.19. The van der Waals surface area contributed by atoms with Crippen LogP contribution in [0.5, 0.6) is 0 Å². The number of hydrogen-bond acceptors (Lipinski definition) is 2. The second kappa shape index (κ2) is 6.93. The van der Waals surface area contributed by atoms with Crippen molar-refractivity contribution in [3.63, 3.8) is 0 Å². The second-order valence-electron chi connectivity index (χ2n) is 6.19. The number of benzene rings is 2. The highest BCUT2D eigenvalue weighted by atomic mass is 19.1. The van der Waals surface area contributed by atoms with E-state index in [1.165, 1.54) is 19.2 Å². The van der Waals surface area contributed by atoms with Gasteiger partial charge in [0.25, 0.3) is 0 Å². The molecule has 0 spiro atoms. The van der Waals surface area contributed by atoms with Gasteiger partial charge in [-0.3, -0.25) is 4.79 Å². The van der Waals surface area contributed by atoms with E-state index < -0.39 is 5.41 Å². The molecule has 1 fully saturated rings. The molecule has 3 rings (SSSR count). The lowest BCUT2D eigenvalue weighted by molar-refractivity contribution is -0.124. The van der Waals surface area contributed by atoms with Crippen molar-refractivity contribution in [2.24, 2.45) is 0 Å². The predicted octanol–water partition coefficient (Wildman–Crippen LogP) is 3.64. The van der Waals surface area contributed by atoms with Crippen molar-refractivity contribution in [2.45, 2.75) is 24.7 Å². The number of carbonyl (C=O) groups excluding carboxylic acids is 2. The Hall–Kier alpha value is -2.89. The Bertz CT molecular complexity index is 803. The zero-order valence-corrected chi connectivity index (χ0v) is 13.9. The number of anilines is 2. The van der Waals surface area contributed by atoms with Crippen LogP contribution in [0.3, 0.4) is 0 Å². The molecule has 0 unspecified atom stereocenters. The average Bonchev–Trinajstić information content (AvgIpc) is 2.54. The maximum absolute atomic E-state index is 13.6. The van der Waals surface area contributed by atoms with Crippen LogP contribution in [-0.4, -0.2) is 19.0 Å². The third-order valence-electron chi connectivity index (χ3n) is 4.62. The van der Waals surface area contributed by atoms with Gasteiger partial charge in [-0.1, -0.05) is 24.6 Å². The summed E-state index contributed by atoms with van der Waals surface area (Å²) in [5.41, 5.74) is 1.18. The van der Waals surface area contributed by atoms with Gasteiger partial charge in [-0.2, -0.15) is 0 Å². The fourth-order valence-electron chi connectivity index (χ4n) is 3.08. The molecule has 0 atom stereocenters. The molecule has 1 saturated carbocycles. The van der Waals surface area contributed by atoms with E-state index in [0.717, 1.165) is 6.42 Å². The van der Waals surface area contributed by atoms with Crippen LogP contribution in [0.4, 0.5) is 20.6 Å². The minimum absolute atomic E-state index is 0.151. The number of urea groups is 1. The van der Waals surface area contributed by atoms with E-state index >= 15 is 0 Å². The quantitative estimate of drug-likeness (QED) is 0.795. The first-order valence-electron chi connectivity index (χ1n) is 8.20. The molecule has 5 nitrogen and oxygen atoms in total. The molecule has 0 saturated heterocycles. The van der Waals surface area contributed by atoms with Gasteiger partial charge in [0.2, 0.25) is 5.91 Å². The number of carbonyl (C=O) groups is 2. The maximum Gasteiger partial charge on any atom is 0.318 e. The summed E-state index contributed by atoms with van der Waals surface area (Å²) in [6.07, 6.45) is 2.32. The fraction of sp³-hybridized carbons (Fsp3) is 0.263. The topological polar surface area (TPSA) is 70.2 Å². The number of halogens is 1. The highest BCUT2D eigenvalue weighted by Crippen LogP contribution is 2.44. The van der Waals surface area contributed by atoms with Crippen molar-refractivity contribution in [1.82, 2.24) is 5.32 Å². The molecule has 0 bridgehead atoms. The van der Waals surface area contributed by atoms with E-state index in [4.69, 9.17) is 0 Å². The molecule has 3 N–H and O–H groups in total. The van der Waals surface area contributed by atoms with Crippen molar-refractivity contribution in [3.05, 3.63) is 59.9 Å². The maximum atomic E-state index is 13.6. The largest absolute Gasteiger partial charge is 0.341 e. The Morgan fingerprint density at radius 2 is 1.68 bits per heavy atom. The van der Waals surface area contributed by atoms with Gasteiger partial charge in [-0.15, -0.1) is 0 Å². The summed E-state index contributed by atoms with van der Waals surface area (Å²) in [5.74, 6) is -0.491. The van der Waals surface area contributed by atoms with Crippen molar-refractivity contribution in [2.75, 3.05) is 17.7 Å². The lowest BCUT2D eigenvalue weighted by Gasteiger charge is -2.40.